The Balaban J connectivity index is 1.72. The van der Waals surface area contributed by atoms with E-state index in [2.05, 4.69) is 24.3 Å². The summed E-state index contributed by atoms with van der Waals surface area (Å²) >= 11 is 0. The van der Waals surface area contributed by atoms with Crippen LogP contribution in [0.2, 0.25) is 0 Å². The van der Waals surface area contributed by atoms with Crippen LogP contribution in [0.25, 0.3) is 0 Å². The van der Waals surface area contributed by atoms with Crippen molar-refractivity contribution in [1.29, 1.82) is 0 Å². The molecule has 0 aromatic heterocycles. The molecule has 1 atom stereocenters. The first-order chi connectivity index (χ1) is 7.92. The first kappa shape index (κ1) is 9.76. The van der Waals surface area contributed by atoms with Crippen LogP contribution >= 0.6 is 0 Å². The monoisotopic (exact) mass is 216 g/mol. The van der Waals surface area contributed by atoms with Gasteiger partial charge in [-0.15, -0.1) is 0 Å². The number of fused-ring (bicyclic) bond motifs is 1. The van der Waals surface area contributed by atoms with Crippen LogP contribution in [-0.2, 0) is 6.42 Å². The average Bonchev–Trinajstić information content (AvgIpc) is 2.77. The molecule has 84 valence electrons. The van der Waals surface area contributed by atoms with Gasteiger partial charge in [0, 0.05) is 0 Å². The number of hydrogen-bond donors (Lipinski definition) is 0. The summed E-state index contributed by atoms with van der Waals surface area (Å²) in [6.45, 7) is 0.366. The molecule has 16 heavy (non-hydrogen) atoms. The molecule has 1 unspecified atom stereocenters. The SMILES string of the molecule is C1=CCC(Cc2ccc3c(c2)OCO3)CC1. The predicted molar refractivity (Wildman–Crippen MR) is 62.8 cm³/mol. The van der Waals surface area contributed by atoms with Gasteiger partial charge >= 0.3 is 0 Å². The van der Waals surface area contributed by atoms with Gasteiger partial charge in [0.15, 0.2) is 11.5 Å². The zero-order valence-corrected chi connectivity index (χ0v) is 9.32. The van der Waals surface area contributed by atoms with Gasteiger partial charge in [-0.2, -0.15) is 0 Å². The first-order valence-corrected chi connectivity index (χ1v) is 5.95. The lowest BCUT2D eigenvalue weighted by atomic mass is 9.88. The molecule has 1 aliphatic carbocycles. The quantitative estimate of drug-likeness (QED) is 0.706. The number of benzene rings is 1. The third-order valence-corrected chi connectivity index (χ3v) is 3.34. The van der Waals surface area contributed by atoms with Crippen molar-refractivity contribution >= 4 is 0 Å². The summed E-state index contributed by atoms with van der Waals surface area (Å²) in [4.78, 5) is 0. The summed E-state index contributed by atoms with van der Waals surface area (Å²) in [5.74, 6) is 2.58. The maximum atomic E-state index is 5.39. The van der Waals surface area contributed by atoms with E-state index >= 15 is 0 Å². The van der Waals surface area contributed by atoms with Crippen molar-refractivity contribution in [2.75, 3.05) is 6.79 Å². The molecule has 0 bridgehead atoms. The van der Waals surface area contributed by atoms with Crippen molar-refractivity contribution in [1.82, 2.24) is 0 Å². The molecule has 1 aromatic rings. The molecule has 1 aliphatic heterocycles. The molecule has 0 spiro atoms. The normalized spacial score (nSPS) is 22.4. The van der Waals surface area contributed by atoms with Crippen molar-refractivity contribution in [2.45, 2.75) is 25.7 Å². The fraction of sp³-hybridized carbons (Fsp3) is 0.429. The number of allylic oxidation sites excluding steroid dienone is 2. The van der Waals surface area contributed by atoms with Gasteiger partial charge in [-0.25, -0.2) is 0 Å². The van der Waals surface area contributed by atoms with Gasteiger partial charge < -0.3 is 9.47 Å². The largest absolute Gasteiger partial charge is 0.454 e. The highest BCUT2D eigenvalue weighted by molar-refractivity contribution is 5.44. The minimum Gasteiger partial charge on any atom is -0.454 e. The van der Waals surface area contributed by atoms with Crippen LogP contribution in [0.3, 0.4) is 0 Å². The maximum Gasteiger partial charge on any atom is 0.231 e. The van der Waals surface area contributed by atoms with Gasteiger partial charge in [0.25, 0.3) is 0 Å². The topological polar surface area (TPSA) is 18.5 Å². The molecule has 2 heteroatoms. The zero-order chi connectivity index (χ0) is 10.8. The molecule has 0 N–H and O–H groups in total. The molecule has 2 aliphatic rings. The van der Waals surface area contributed by atoms with E-state index < -0.39 is 0 Å². The lowest BCUT2D eigenvalue weighted by Gasteiger charge is -2.17. The lowest BCUT2D eigenvalue weighted by molar-refractivity contribution is 0.174. The number of hydrogen-bond acceptors (Lipinski definition) is 2. The standard InChI is InChI=1S/C14H16O2/c1-2-4-11(5-3-1)8-12-6-7-13-14(9-12)16-10-15-13/h1-2,6-7,9,11H,3-5,8,10H2. The van der Waals surface area contributed by atoms with Crippen molar-refractivity contribution in [3.05, 3.63) is 35.9 Å². The van der Waals surface area contributed by atoms with E-state index in [1.54, 1.807) is 0 Å². The van der Waals surface area contributed by atoms with Crippen LogP contribution in [0.1, 0.15) is 24.8 Å². The second-order valence-electron chi connectivity index (χ2n) is 4.54. The van der Waals surface area contributed by atoms with Crippen LogP contribution < -0.4 is 9.47 Å². The molecule has 1 heterocycles. The van der Waals surface area contributed by atoms with E-state index in [0.29, 0.717) is 6.79 Å². The van der Waals surface area contributed by atoms with Crippen molar-refractivity contribution in [3.8, 4) is 11.5 Å². The Bertz CT molecular complexity index is 409. The van der Waals surface area contributed by atoms with Crippen LogP contribution in [0.5, 0.6) is 11.5 Å². The third kappa shape index (κ3) is 1.92. The summed E-state index contributed by atoms with van der Waals surface area (Å²) in [6, 6.07) is 6.31. The third-order valence-electron chi connectivity index (χ3n) is 3.34. The van der Waals surface area contributed by atoms with Crippen molar-refractivity contribution in [2.24, 2.45) is 5.92 Å². The highest BCUT2D eigenvalue weighted by Gasteiger charge is 2.15. The van der Waals surface area contributed by atoms with Crippen LogP contribution in [0.15, 0.2) is 30.4 Å². The smallest absolute Gasteiger partial charge is 0.231 e. The highest BCUT2D eigenvalue weighted by atomic mass is 16.7. The summed E-state index contributed by atoms with van der Waals surface area (Å²) < 4.78 is 10.7. The summed E-state index contributed by atoms with van der Waals surface area (Å²) in [6.07, 6.45) is 9.51. The van der Waals surface area contributed by atoms with E-state index in [1.807, 2.05) is 6.07 Å². The van der Waals surface area contributed by atoms with Gasteiger partial charge in [-0.1, -0.05) is 18.2 Å². The van der Waals surface area contributed by atoms with E-state index in [9.17, 15) is 0 Å². The molecule has 0 saturated carbocycles. The van der Waals surface area contributed by atoms with Crippen LogP contribution in [0.4, 0.5) is 0 Å². The lowest BCUT2D eigenvalue weighted by Crippen LogP contribution is -2.06. The molecule has 3 rings (SSSR count). The summed E-state index contributed by atoms with van der Waals surface area (Å²) in [5, 5.41) is 0. The van der Waals surface area contributed by atoms with Crippen molar-refractivity contribution in [3.63, 3.8) is 0 Å². The molecule has 0 radical (unpaired) electrons. The van der Waals surface area contributed by atoms with Crippen LogP contribution in [0, 0.1) is 5.92 Å². The molecule has 0 saturated heterocycles. The van der Waals surface area contributed by atoms with Gasteiger partial charge in [-0.3, -0.25) is 0 Å². The fourth-order valence-electron chi connectivity index (χ4n) is 2.44. The van der Waals surface area contributed by atoms with E-state index in [0.717, 1.165) is 23.8 Å². The Labute approximate surface area is 95.9 Å². The van der Waals surface area contributed by atoms with E-state index in [1.165, 1.54) is 24.8 Å². The Morgan fingerprint density at radius 2 is 2.06 bits per heavy atom. The van der Waals surface area contributed by atoms with E-state index in [4.69, 9.17) is 9.47 Å². The maximum absolute atomic E-state index is 5.39. The minimum absolute atomic E-state index is 0.366. The summed E-state index contributed by atoms with van der Waals surface area (Å²) in [5.41, 5.74) is 1.37. The molecular formula is C14H16O2. The Morgan fingerprint density at radius 3 is 2.94 bits per heavy atom. The molecular weight excluding hydrogens is 200 g/mol. The first-order valence-electron chi connectivity index (χ1n) is 5.95. The van der Waals surface area contributed by atoms with Gasteiger partial charge in [0.05, 0.1) is 0 Å². The minimum atomic E-state index is 0.366. The fourth-order valence-corrected chi connectivity index (χ4v) is 2.44. The Morgan fingerprint density at radius 1 is 1.12 bits per heavy atom. The molecule has 0 fully saturated rings. The number of ether oxygens (including phenoxy) is 2. The Hall–Kier alpha value is -1.44. The second-order valence-corrected chi connectivity index (χ2v) is 4.54. The Kier molecular flexibility index (Phi) is 2.56. The van der Waals surface area contributed by atoms with Gasteiger partial charge in [0.2, 0.25) is 6.79 Å². The van der Waals surface area contributed by atoms with Crippen LogP contribution in [-0.4, -0.2) is 6.79 Å². The highest BCUT2D eigenvalue weighted by Crippen LogP contribution is 2.34. The molecule has 0 amide bonds. The molecule has 1 aromatic carbocycles. The van der Waals surface area contributed by atoms with Crippen molar-refractivity contribution < 1.29 is 9.47 Å². The second kappa shape index (κ2) is 4.20. The van der Waals surface area contributed by atoms with Gasteiger partial charge in [0.1, 0.15) is 0 Å². The molecule has 2 nitrogen and oxygen atoms in total. The van der Waals surface area contributed by atoms with E-state index in [-0.39, 0.29) is 0 Å². The average molecular weight is 216 g/mol. The predicted octanol–water partition coefficient (Wildman–Crippen LogP) is 3.31. The summed E-state index contributed by atoms with van der Waals surface area (Å²) in [7, 11) is 0. The zero-order valence-electron chi connectivity index (χ0n) is 9.32. The number of rotatable bonds is 2. The van der Waals surface area contributed by atoms with Gasteiger partial charge in [-0.05, 0) is 49.3 Å².